The molecule has 1 aromatic carbocycles. The Morgan fingerprint density at radius 2 is 2.00 bits per heavy atom. The Bertz CT molecular complexity index is 374. The number of hydrogen-bond donors (Lipinski definition) is 0. The molecule has 1 aliphatic heterocycles. The summed E-state index contributed by atoms with van der Waals surface area (Å²) >= 11 is 0. The van der Waals surface area contributed by atoms with Crippen LogP contribution in [-0.2, 0) is 0 Å². The first-order valence-corrected chi connectivity index (χ1v) is 4.87. The first-order chi connectivity index (χ1) is 7.24. The molecule has 0 aromatic heterocycles. The Morgan fingerprint density at radius 1 is 1.33 bits per heavy atom. The highest BCUT2D eigenvalue weighted by atomic mass is 19.1. The summed E-state index contributed by atoms with van der Waals surface area (Å²) < 4.78 is 13.5. The van der Waals surface area contributed by atoms with Gasteiger partial charge in [0.25, 0.3) is 0 Å². The second kappa shape index (κ2) is 3.85. The molecule has 1 heterocycles. The minimum Gasteiger partial charge on any atom is -0.260 e. The van der Waals surface area contributed by atoms with E-state index in [9.17, 15) is 4.39 Å². The van der Waals surface area contributed by atoms with E-state index in [2.05, 4.69) is 18.4 Å². The summed E-state index contributed by atoms with van der Waals surface area (Å²) in [5.41, 5.74) is 1.45. The molecule has 3 heteroatoms. The van der Waals surface area contributed by atoms with Gasteiger partial charge in [0.2, 0.25) is 0 Å². The number of nitrogens with zero attached hydrogens (tertiary/aromatic N) is 2. The van der Waals surface area contributed by atoms with E-state index in [0.717, 1.165) is 5.56 Å². The third kappa shape index (κ3) is 1.65. The van der Waals surface area contributed by atoms with Crippen molar-refractivity contribution in [1.82, 2.24) is 5.01 Å². The molecule has 1 fully saturated rings. The second-order valence-corrected chi connectivity index (χ2v) is 3.61. The van der Waals surface area contributed by atoms with Crippen LogP contribution in [0, 0.1) is 0 Å². The Morgan fingerprint density at radius 3 is 2.60 bits per heavy atom. The lowest BCUT2D eigenvalue weighted by Crippen LogP contribution is -2.14. The van der Waals surface area contributed by atoms with E-state index in [4.69, 9.17) is 0 Å². The molecule has 2 nitrogen and oxygen atoms in total. The van der Waals surface area contributed by atoms with E-state index >= 15 is 0 Å². The van der Waals surface area contributed by atoms with Crippen molar-refractivity contribution in [2.45, 2.75) is 18.6 Å². The molecular weight excluding hydrogens is 191 g/mol. The van der Waals surface area contributed by atoms with E-state index in [1.165, 1.54) is 0 Å². The van der Waals surface area contributed by atoms with Crippen LogP contribution in [-0.4, -0.2) is 17.9 Å². The minimum absolute atomic E-state index is 0.0637. The zero-order chi connectivity index (χ0) is 10.8. The topological polar surface area (TPSA) is 15.6 Å². The normalized spacial score (nSPS) is 25.7. The van der Waals surface area contributed by atoms with Gasteiger partial charge < -0.3 is 0 Å². The molecule has 0 saturated carbocycles. The summed E-state index contributed by atoms with van der Waals surface area (Å²) in [6, 6.07) is 9.68. The molecule has 0 spiro atoms. The Balaban J connectivity index is 2.31. The maximum absolute atomic E-state index is 13.5. The Hall–Kier alpha value is -1.64. The molecule has 1 saturated heterocycles. The molecule has 15 heavy (non-hydrogen) atoms. The summed E-state index contributed by atoms with van der Waals surface area (Å²) in [6.07, 6.45) is -0.609. The van der Waals surface area contributed by atoms with Crippen LogP contribution in [0.2, 0.25) is 0 Å². The van der Waals surface area contributed by atoms with E-state index in [1.807, 2.05) is 30.3 Å². The van der Waals surface area contributed by atoms with Gasteiger partial charge in [-0.2, -0.15) is 5.10 Å². The molecule has 2 atom stereocenters. The molecule has 0 aliphatic carbocycles. The smallest absolute Gasteiger partial charge is 0.143 e. The van der Waals surface area contributed by atoms with Crippen LogP contribution in [0.1, 0.15) is 18.0 Å². The van der Waals surface area contributed by atoms with Gasteiger partial charge in [0.15, 0.2) is 0 Å². The molecule has 2 rings (SSSR count). The molecule has 0 amide bonds. The predicted octanol–water partition coefficient (Wildman–Crippen LogP) is 2.90. The average molecular weight is 204 g/mol. The van der Waals surface area contributed by atoms with Crippen molar-refractivity contribution < 1.29 is 4.39 Å². The fourth-order valence-electron chi connectivity index (χ4n) is 1.92. The van der Waals surface area contributed by atoms with Crippen molar-refractivity contribution in [2.24, 2.45) is 5.10 Å². The zero-order valence-corrected chi connectivity index (χ0v) is 8.44. The number of hydrazone groups is 1. The molecule has 1 aromatic rings. The molecule has 0 radical (unpaired) electrons. The van der Waals surface area contributed by atoms with Gasteiger partial charge in [-0.15, -0.1) is 0 Å². The van der Waals surface area contributed by atoms with Crippen LogP contribution in [0.4, 0.5) is 4.39 Å². The summed E-state index contributed by atoms with van der Waals surface area (Å²) in [7, 11) is 0. The van der Waals surface area contributed by atoms with Gasteiger partial charge >= 0.3 is 0 Å². The summed E-state index contributed by atoms with van der Waals surface area (Å²) in [4.78, 5) is 0. The lowest BCUT2D eigenvalue weighted by molar-refractivity contribution is 0.317. The quantitative estimate of drug-likeness (QED) is 0.676. The standard InChI is InChI=1S/C12H13FN2/c1-9-11(13)8-12(15(9)14-2)10-6-4-3-5-7-10/h3-7,11-12H,1-2,8H2. The molecule has 0 bridgehead atoms. The number of rotatable bonds is 2. The van der Waals surface area contributed by atoms with Crippen molar-refractivity contribution in [2.75, 3.05) is 0 Å². The van der Waals surface area contributed by atoms with Crippen molar-refractivity contribution in [3.8, 4) is 0 Å². The molecule has 1 aliphatic rings. The lowest BCUT2D eigenvalue weighted by atomic mass is 10.1. The highest BCUT2D eigenvalue weighted by molar-refractivity contribution is 5.29. The van der Waals surface area contributed by atoms with Crippen LogP contribution >= 0.6 is 0 Å². The monoisotopic (exact) mass is 204 g/mol. The van der Waals surface area contributed by atoms with Gasteiger partial charge in [0.1, 0.15) is 6.17 Å². The van der Waals surface area contributed by atoms with Crippen molar-refractivity contribution in [1.29, 1.82) is 0 Å². The summed E-state index contributed by atoms with van der Waals surface area (Å²) in [5.74, 6) is 0. The van der Waals surface area contributed by atoms with Crippen LogP contribution in [0.15, 0.2) is 47.7 Å². The van der Waals surface area contributed by atoms with Gasteiger partial charge in [-0.05, 0) is 5.56 Å². The maximum Gasteiger partial charge on any atom is 0.143 e. The minimum atomic E-state index is -1.01. The fourth-order valence-corrected chi connectivity index (χ4v) is 1.92. The fraction of sp³-hybridized carbons (Fsp3) is 0.250. The number of allylic oxidation sites excluding steroid dienone is 1. The van der Waals surface area contributed by atoms with Gasteiger partial charge in [-0.1, -0.05) is 36.9 Å². The lowest BCUT2D eigenvalue weighted by Gasteiger charge is -2.21. The first kappa shape index (κ1) is 9.90. The van der Waals surface area contributed by atoms with Gasteiger partial charge in [-0.3, -0.25) is 5.01 Å². The van der Waals surface area contributed by atoms with Crippen LogP contribution in [0.5, 0.6) is 0 Å². The molecular formula is C12H13FN2. The first-order valence-electron chi connectivity index (χ1n) is 4.87. The Labute approximate surface area is 88.7 Å². The third-order valence-electron chi connectivity index (χ3n) is 2.72. The average Bonchev–Trinajstić information content (AvgIpc) is 2.56. The molecule has 2 unspecified atom stereocenters. The van der Waals surface area contributed by atoms with Gasteiger partial charge in [0.05, 0.1) is 11.7 Å². The largest absolute Gasteiger partial charge is 0.260 e. The van der Waals surface area contributed by atoms with E-state index in [-0.39, 0.29) is 6.04 Å². The predicted molar refractivity (Wildman–Crippen MR) is 59.2 cm³/mol. The highest BCUT2D eigenvalue weighted by Crippen LogP contribution is 2.39. The maximum atomic E-state index is 13.5. The number of alkyl halides is 1. The van der Waals surface area contributed by atoms with Crippen LogP contribution < -0.4 is 0 Å². The second-order valence-electron chi connectivity index (χ2n) is 3.61. The van der Waals surface area contributed by atoms with Crippen LogP contribution in [0.3, 0.4) is 0 Å². The number of hydrogen-bond acceptors (Lipinski definition) is 2. The highest BCUT2D eigenvalue weighted by Gasteiger charge is 2.35. The molecule has 78 valence electrons. The zero-order valence-electron chi connectivity index (χ0n) is 8.44. The molecule has 0 N–H and O–H groups in total. The third-order valence-corrected chi connectivity index (χ3v) is 2.72. The van der Waals surface area contributed by atoms with Gasteiger partial charge in [0, 0.05) is 13.1 Å². The van der Waals surface area contributed by atoms with Crippen LogP contribution in [0.25, 0.3) is 0 Å². The van der Waals surface area contributed by atoms with E-state index < -0.39 is 6.17 Å². The van der Waals surface area contributed by atoms with E-state index in [0.29, 0.717) is 12.1 Å². The Kier molecular flexibility index (Phi) is 2.54. The number of halogens is 1. The van der Waals surface area contributed by atoms with Crippen molar-refractivity contribution in [3.63, 3.8) is 0 Å². The summed E-state index contributed by atoms with van der Waals surface area (Å²) in [5, 5.41) is 5.39. The van der Waals surface area contributed by atoms with E-state index in [1.54, 1.807) is 5.01 Å². The van der Waals surface area contributed by atoms with Gasteiger partial charge in [-0.25, -0.2) is 4.39 Å². The number of benzene rings is 1. The summed E-state index contributed by atoms with van der Waals surface area (Å²) in [6.45, 7) is 7.13. The van der Waals surface area contributed by atoms with Crippen molar-refractivity contribution >= 4 is 6.72 Å². The SMILES string of the molecule is C=NN1C(=C)C(F)CC1c1ccccc1. The van der Waals surface area contributed by atoms with Crippen molar-refractivity contribution in [3.05, 3.63) is 48.2 Å².